The summed E-state index contributed by atoms with van der Waals surface area (Å²) in [6.07, 6.45) is -1.86. The smallest absolute Gasteiger partial charge is 0.332 e. The summed E-state index contributed by atoms with van der Waals surface area (Å²) in [5, 5.41) is 17.4. The van der Waals surface area contributed by atoms with Crippen molar-refractivity contribution in [2.24, 2.45) is 11.7 Å². The van der Waals surface area contributed by atoms with Gasteiger partial charge in [0.05, 0.1) is 0 Å². The van der Waals surface area contributed by atoms with Gasteiger partial charge in [-0.15, -0.1) is 0 Å². The normalized spacial score (nSPS) is 39.6. The number of carboxylic acid groups (broad SMARTS) is 2. The summed E-state index contributed by atoms with van der Waals surface area (Å²) in [5.41, 5.74) is 3.63. The molecule has 6 heteroatoms. The summed E-state index contributed by atoms with van der Waals surface area (Å²) in [5.74, 6) is -3.60. The van der Waals surface area contributed by atoms with Crippen molar-refractivity contribution in [2.45, 2.75) is 18.1 Å². The summed E-state index contributed by atoms with van der Waals surface area (Å²) < 4.78 is 13.2. The van der Waals surface area contributed by atoms with Gasteiger partial charge in [0.15, 0.2) is 5.54 Å². The first-order chi connectivity index (χ1) is 6.40. The molecule has 0 radical (unpaired) electrons. The molecule has 0 spiro atoms. The minimum Gasteiger partial charge on any atom is -0.480 e. The second-order valence-corrected chi connectivity index (χ2v) is 3.59. The van der Waals surface area contributed by atoms with E-state index in [1.165, 1.54) is 0 Å². The molecule has 2 rings (SSSR count). The Morgan fingerprint density at radius 3 is 2.50 bits per heavy atom. The van der Waals surface area contributed by atoms with Crippen LogP contribution in [0, 0.1) is 5.92 Å². The molecule has 0 bridgehead atoms. The molecule has 2 aliphatic carbocycles. The fourth-order valence-corrected chi connectivity index (χ4v) is 2.08. The largest absolute Gasteiger partial charge is 0.480 e. The highest BCUT2D eigenvalue weighted by molar-refractivity contribution is 6.00. The van der Waals surface area contributed by atoms with E-state index in [1.54, 1.807) is 0 Å². The Morgan fingerprint density at radius 2 is 2.07 bits per heavy atom. The average molecular weight is 201 g/mol. The highest BCUT2D eigenvalue weighted by atomic mass is 19.1. The van der Waals surface area contributed by atoms with Crippen molar-refractivity contribution in [3.8, 4) is 0 Å². The molecule has 0 aromatic rings. The van der Waals surface area contributed by atoms with Crippen LogP contribution in [-0.4, -0.2) is 33.9 Å². The maximum Gasteiger partial charge on any atom is 0.332 e. The highest BCUT2D eigenvalue weighted by Crippen LogP contribution is 2.57. The Morgan fingerprint density at radius 1 is 1.50 bits per heavy atom. The lowest BCUT2D eigenvalue weighted by Gasteiger charge is -2.23. The van der Waals surface area contributed by atoms with Crippen LogP contribution in [0.2, 0.25) is 0 Å². The summed E-state index contributed by atoms with van der Waals surface area (Å²) in [4.78, 5) is 21.3. The lowest BCUT2D eigenvalue weighted by Crippen LogP contribution is -2.56. The molecule has 0 amide bonds. The van der Waals surface area contributed by atoms with Crippen LogP contribution in [0.3, 0.4) is 0 Å². The topological polar surface area (TPSA) is 101 Å². The second kappa shape index (κ2) is 2.33. The van der Waals surface area contributed by atoms with Crippen molar-refractivity contribution >= 4 is 11.9 Å². The van der Waals surface area contributed by atoms with E-state index in [9.17, 15) is 14.0 Å². The lowest BCUT2D eigenvalue weighted by atomic mass is 9.90. The number of fused-ring (bicyclic) bond motifs is 1. The third-order valence-corrected chi connectivity index (χ3v) is 2.90. The number of carboxylic acids is 2. The third kappa shape index (κ3) is 0.810. The van der Waals surface area contributed by atoms with Gasteiger partial charge in [-0.05, 0) is 5.57 Å². The van der Waals surface area contributed by atoms with E-state index < -0.39 is 29.6 Å². The molecule has 14 heavy (non-hydrogen) atoms. The third-order valence-electron chi connectivity index (χ3n) is 2.90. The predicted molar refractivity (Wildman–Crippen MR) is 42.2 cm³/mol. The number of hydrogen-bond acceptors (Lipinski definition) is 3. The maximum absolute atomic E-state index is 13.2. The number of alkyl halides is 1. The molecular weight excluding hydrogens is 193 g/mol. The SMILES string of the molecule is N[C@]1(C(=O)O)[C@H]2C(=C2C(=O)O)C[C@@H]1F. The van der Waals surface area contributed by atoms with E-state index in [1.807, 2.05) is 0 Å². The van der Waals surface area contributed by atoms with Crippen LogP contribution < -0.4 is 5.73 Å². The number of carbonyl (C=O) groups is 2. The van der Waals surface area contributed by atoms with Gasteiger partial charge < -0.3 is 15.9 Å². The first-order valence-electron chi connectivity index (χ1n) is 4.03. The summed E-state index contributed by atoms with van der Waals surface area (Å²) in [7, 11) is 0. The molecule has 0 aromatic carbocycles. The number of rotatable bonds is 2. The molecule has 0 aliphatic heterocycles. The van der Waals surface area contributed by atoms with E-state index in [0.29, 0.717) is 5.57 Å². The van der Waals surface area contributed by atoms with Gasteiger partial charge in [0.25, 0.3) is 0 Å². The quantitative estimate of drug-likeness (QED) is 0.560. The Hall–Kier alpha value is -1.43. The van der Waals surface area contributed by atoms with Crippen LogP contribution in [0.1, 0.15) is 6.42 Å². The molecule has 5 nitrogen and oxygen atoms in total. The summed E-state index contributed by atoms with van der Waals surface area (Å²) in [6.45, 7) is 0. The van der Waals surface area contributed by atoms with Gasteiger partial charge in [0.1, 0.15) is 6.17 Å². The Balaban J connectivity index is 2.34. The Labute approximate surface area is 78.0 Å². The van der Waals surface area contributed by atoms with E-state index >= 15 is 0 Å². The van der Waals surface area contributed by atoms with Gasteiger partial charge in [0, 0.05) is 17.9 Å². The van der Waals surface area contributed by atoms with Crippen molar-refractivity contribution < 1.29 is 24.2 Å². The zero-order valence-electron chi connectivity index (χ0n) is 7.03. The maximum atomic E-state index is 13.2. The summed E-state index contributed by atoms with van der Waals surface area (Å²) in [6, 6.07) is 0. The molecule has 1 saturated carbocycles. The van der Waals surface area contributed by atoms with Crippen molar-refractivity contribution in [3.63, 3.8) is 0 Å². The molecule has 3 atom stereocenters. The lowest BCUT2D eigenvalue weighted by molar-refractivity contribution is -0.146. The molecule has 0 aromatic heterocycles. The molecule has 2 aliphatic rings. The van der Waals surface area contributed by atoms with Crippen LogP contribution in [0.4, 0.5) is 4.39 Å². The van der Waals surface area contributed by atoms with Gasteiger partial charge in [-0.1, -0.05) is 0 Å². The second-order valence-electron chi connectivity index (χ2n) is 3.59. The van der Waals surface area contributed by atoms with Crippen molar-refractivity contribution in [1.29, 1.82) is 0 Å². The van der Waals surface area contributed by atoms with Gasteiger partial charge in [0.2, 0.25) is 0 Å². The van der Waals surface area contributed by atoms with E-state index in [2.05, 4.69) is 0 Å². The van der Waals surface area contributed by atoms with E-state index in [4.69, 9.17) is 15.9 Å². The number of hydrogen-bond donors (Lipinski definition) is 3. The fraction of sp³-hybridized carbons (Fsp3) is 0.500. The van der Waals surface area contributed by atoms with Crippen LogP contribution >= 0.6 is 0 Å². The predicted octanol–water partition coefficient (Wildman–Crippen LogP) is -0.479. The zero-order valence-corrected chi connectivity index (χ0v) is 7.03. The number of nitrogens with two attached hydrogens (primary N) is 1. The standard InChI is InChI=1S/C8H8FNO4/c9-3-1-2-4(6(11)12)5(2)8(3,10)7(13)14/h3,5H,1,10H2,(H,11,12)(H,13,14)/t3-,5-,8-/m0/s1. The van der Waals surface area contributed by atoms with Gasteiger partial charge in [-0.25, -0.2) is 9.18 Å². The molecule has 0 saturated heterocycles. The minimum absolute atomic E-state index is 0.0243. The number of halogens is 1. The van der Waals surface area contributed by atoms with Gasteiger partial charge in [-0.3, -0.25) is 4.79 Å². The fourth-order valence-electron chi connectivity index (χ4n) is 2.08. The molecular formula is C8H8FNO4. The molecule has 0 heterocycles. The van der Waals surface area contributed by atoms with Crippen molar-refractivity contribution in [3.05, 3.63) is 11.1 Å². The zero-order chi connectivity index (χ0) is 10.7. The van der Waals surface area contributed by atoms with Crippen molar-refractivity contribution in [2.75, 3.05) is 0 Å². The molecule has 76 valence electrons. The van der Waals surface area contributed by atoms with Crippen LogP contribution in [0.15, 0.2) is 11.1 Å². The van der Waals surface area contributed by atoms with E-state index in [-0.39, 0.29) is 12.0 Å². The van der Waals surface area contributed by atoms with Crippen LogP contribution in [-0.2, 0) is 9.59 Å². The van der Waals surface area contributed by atoms with Crippen LogP contribution in [0.25, 0.3) is 0 Å². The van der Waals surface area contributed by atoms with Crippen LogP contribution in [0.5, 0.6) is 0 Å². The highest BCUT2D eigenvalue weighted by Gasteiger charge is 2.67. The Kier molecular flexibility index (Phi) is 1.52. The van der Waals surface area contributed by atoms with Gasteiger partial charge in [-0.2, -0.15) is 0 Å². The molecule has 1 fully saturated rings. The first-order valence-corrected chi connectivity index (χ1v) is 4.03. The molecule has 0 unspecified atom stereocenters. The first kappa shape index (κ1) is 9.14. The average Bonchev–Trinajstić information content (AvgIpc) is 2.70. The minimum atomic E-state index is -2.07. The van der Waals surface area contributed by atoms with Gasteiger partial charge >= 0.3 is 11.9 Å². The molecule has 4 N–H and O–H groups in total. The van der Waals surface area contributed by atoms with Crippen molar-refractivity contribution in [1.82, 2.24) is 0 Å². The number of aliphatic carboxylic acids is 2. The summed E-state index contributed by atoms with van der Waals surface area (Å²) >= 11 is 0. The monoisotopic (exact) mass is 201 g/mol. The van der Waals surface area contributed by atoms with E-state index in [0.717, 1.165) is 0 Å². The Bertz CT molecular complexity index is 378.